The van der Waals surface area contributed by atoms with Crippen LogP contribution in [-0.4, -0.2) is 42.4 Å². The molecule has 4 nitrogen and oxygen atoms in total. The van der Waals surface area contributed by atoms with Crippen molar-refractivity contribution in [2.45, 2.75) is 39.2 Å². The van der Waals surface area contributed by atoms with E-state index in [1.807, 2.05) is 18.2 Å². The maximum atomic E-state index is 10.2. The van der Waals surface area contributed by atoms with Gasteiger partial charge in [0.1, 0.15) is 18.5 Å². The Morgan fingerprint density at radius 3 is 2.76 bits per heavy atom. The van der Waals surface area contributed by atoms with Crippen LogP contribution in [0.25, 0.3) is 0 Å². The van der Waals surface area contributed by atoms with Crippen LogP contribution < -0.4 is 10.5 Å². The summed E-state index contributed by atoms with van der Waals surface area (Å²) in [7, 11) is 0. The molecule has 118 valence electrons. The molecule has 1 aromatic rings. The highest BCUT2D eigenvalue weighted by Crippen LogP contribution is 2.36. The van der Waals surface area contributed by atoms with Crippen molar-refractivity contribution in [2.24, 2.45) is 5.41 Å². The Morgan fingerprint density at radius 1 is 1.38 bits per heavy atom. The zero-order chi connectivity index (χ0) is 15.3. The summed E-state index contributed by atoms with van der Waals surface area (Å²) >= 11 is 0. The Bertz CT molecular complexity index is 446. The van der Waals surface area contributed by atoms with Crippen LogP contribution in [0.3, 0.4) is 0 Å². The monoisotopic (exact) mass is 292 g/mol. The molecule has 3 N–H and O–H groups in total. The molecule has 1 heterocycles. The van der Waals surface area contributed by atoms with Crippen LogP contribution in [0.15, 0.2) is 24.3 Å². The maximum absolute atomic E-state index is 10.2. The number of benzene rings is 1. The Morgan fingerprint density at radius 2 is 2.14 bits per heavy atom. The number of aliphatic hydroxyl groups is 1. The largest absolute Gasteiger partial charge is 0.491 e. The lowest BCUT2D eigenvalue weighted by Gasteiger charge is -2.27. The van der Waals surface area contributed by atoms with E-state index < -0.39 is 6.10 Å². The van der Waals surface area contributed by atoms with Crippen LogP contribution in [0.1, 0.15) is 33.1 Å². The van der Waals surface area contributed by atoms with Crippen molar-refractivity contribution in [1.82, 2.24) is 4.90 Å². The van der Waals surface area contributed by atoms with Crippen molar-refractivity contribution < 1.29 is 9.84 Å². The molecule has 0 spiro atoms. The van der Waals surface area contributed by atoms with Crippen molar-refractivity contribution in [3.63, 3.8) is 0 Å². The normalized spacial score (nSPS) is 19.6. The average Bonchev–Trinajstić information content (AvgIpc) is 2.89. The number of nitrogens with zero attached hydrogens (tertiary/aromatic N) is 1. The van der Waals surface area contributed by atoms with Gasteiger partial charge in [0.05, 0.1) is 0 Å². The van der Waals surface area contributed by atoms with Crippen LogP contribution >= 0.6 is 0 Å². The fraction of sp³-hybridized carbons (Fsp3) is 0.647. The first kappa shape index (κ1) is 16.1. The number of ether oxygens (including phenoxy) is 1. The minimum absolute atomic E-state index is 0.311. The summed E-state index contributed by atoms with van der Waals surface area (Å²) < 4.78 is 5.61. The van der Waals surface area contributed by atoms with E-state index in [4.69, 9.17) is 10.5 Å². The van der Waals surface area contributed by atoms with Crippen molar-refractivity contribution in [3.05, 3.63) is 24.3 Å². The van der Waals surface area contributed by atoms with Crippen LogP contribution in [0, 0.1) is 5.41 Å². The minimum Gasteiger partial charge on any atom is -0.491 e. The molecule has 0 radical (unpaired) electrons. The van der Waals surface area contributed by atoms with Gasteiger partial charge in [-0.25, -0.2) is 0 Å². The molecule has 4 heteroatoms. The Balaban J connectivity index is 1.76. The summed E-state index contributed by atoms with van der Waals surface area (Å²) in [5.74, 6) is 0.715. The molecule has 1 unspecified atom stereocenters. The highest BCUT2D eigenvalue weighted by Gasteiger charge is 2.35. The fourth-order valence-corrected chi connectivity index (χ4v) is 3.16. The smallest absolute Gasteiger partial charge is 0.121 e. The second-order valence-electron chi connectivity index (χ2n) is 6.23. The summed E-state index contributed by atoms with van der Waals surface area (Å²) in [4.78, 5) is 2.36. The SMILES string of the molecule is CCC1(CC)CCN(CC(O)COc2cccc(N)c2)C1. The molecule has 0 aliphatic carbocycles. The number of hydrogen-bond acceptors (Lipinski definition) is 4. The molecule has 21 heavy (non-hydrogen) atoms. The number of likely N-dealkylation sites (tertiary alicyclic amines) is 1. The van der Waals surface area contributed by atoms with Crippen molar-refractivity contribution in [2.75, 3.05) is 32.0 Å². The van der Waals surface area contributed by atoms with Gasteiger partial charge < -0.3 is 20.5 Å². The molecule has 1 aromatic carbocycles. The molecular weight excluding hydrogens is 264 g/mol. The highest BCUT2D eigenvalue weighted by atomic mass is 16.5. The van der Waals surface area contributed by atoms with Gasteiger partial charge >= 0.3 is 0 Å². The van der Waals surface area contributed by atoms with E-state index in [0.717, 1.165) is 13.1 Å². The molecule has 1 atom stereocenters. The van der Waals surface area contributed by atoms with Gasteiger partial charge in [-0.05, 0) is 43.4 Å². The standard InChI is InChI=1S/C17H28N2O2/c1-3-17(4-2)8-9-19(13-17)11-15(20)12-21-16-7-5-6-14(18)10-16/h5-7,10,15,20H,3-4,8-9,11-13,18H2,1-2H3. The Hall–Kier alpha value is -1.26. The second-order valence-corrected chi connectivity index (χ2v) is 6.23. The van der Waals surface area contributed by atoms with Crippen LogP contribution in [-0.2, 0) is 0 Å². The first-order chi connectivity index (χ1) is 10.1. The molecule has 0 amide bonds. The average molecular weight is 292 g/mol. The van der Waals surface area contributed by atoms with E-state index in [2.05, 4.69) is 18.7 Å². The second kappa shape index (κ2) is 7.14. The Kier molecular flexibility index (Phi) is 5.48. The van der Waals surface area contributed by atoms with Gasteiger partial charge in [0, 0.05) is 24.8 Å². The number of aliphatic hydroxyl groups excluding tert-OH is 1. The summed E-state index contributed by atoms with van der Waals surface area (Å²) in [5.41, 5.74) is 6.84. The maximum Gasteiger partial charge on any atom is 0.121 e. The molecule has 2 rings (SSSR count). The fourth-order valence-electron chi connectivity index (χ4n) is 3.16. The number of hydrogen-bond donors (Lipinski definition) is 2. The van der Waals surface area contributed by atoms with E-state index >= 15 is 0 Å². The quantitative estimate of drug-likeness (QED) is 0.758. The first-order valence-electron chi connectivity index (χ1n) is 7.95. The molecular formula is C17H28N2O2. The van der Waals surface area contributed by atoms with E-state index in [1.54, 1.807) is 6.07 Å². The van der Waals surface area contributed by atoms with Crippen LogP contribution in [0.5, 0.6) is 5.75 Å². The van der Waals surface area contributed by atoms with Gasteiger partial charge in [0.15, 0.2) is 0 Å². The molecule has 0 saturated carbocycles. The molecule has 0 bridgehead atoms. The molecule has 1 aliphatic heterocycles. The number of β-amino-alcohol motifs (C(OH)–C–C–N with tert-alkyl or cyclic N) is 1. The summed E-state index contributed by atoms with van der Waals surface area (Å²) in [6, 6.07) is 7.32. The minimum atomic E-state index is -0.462. The Labute approximate surface area is 127 Å². The molecule has 0 aromatic heterocycles. The van der Waals surface area contributed by atoms with Crippen molar-refractivity contribution in [3.8, 4) is 5.75 Å². The lowest BCUT2D eigenvalue weighted by atomic mass is 9.82. The number of nitrogens with two attached hydrogens (primary N) is 1. The van der Waals surface area contributed by atoms with E-state index in [9.17, 15) is 5.11 Å². The van der Waals surface area contributed by atoms with Gasteiger partial charge in [0.25, 0.3) is 0 Å². The third-order valence-corrected chi connectivity index (χ3v) is 4.79. The van der Waals surface area contributed by atoms with Gasteiger partial charge in [-0.15, -0.1) is 0 Å². The van der Waals surface area contributed by atoms with E-state index in [1.165, 1.54) is 19.3 Å². The van der Waals surface area contributed by atoms with Crippen molar-refractivity contribution >= 4 is 5.69 Å². The number of nitrogen functional groups attached to an aromatic ring is 1. The first-order valence-corrected chi connectivity index (χ1v) is 7.95. The summed E-state index contributed by atoms with van der Waals surface area (Å²) in [6.45, 7) is 7.71. The third-order valence-electron chi connectivity index (χ3n) is 4.79. The zero-order valence-electron chi connectivity index (χ0n) is 13.2. The molecule has 1 aliphatic rings. The van der Waals surface area contributed by atoms with Crippen LogP contribution in [0.2, 0.25) is 0 Å². The third kappa shape index (κ3) is 4.35. The summed E-state index contributed by atoms with van der Waals surface area (Å²) in [5, 5.41) is 10.2. The molecule has 1 fully saturated rings. The van der Waals surface area contributed by atoms with E-state index in [0.29, 0.717) is 30.0 Å². The predicted octanol–water partition coefficient (Wildman–Crippen LogP) is 2.52. The van der Waals surface area contributed by atoms with E-state index in [-0.39, 0.29) is 0 Å². The van der Waals surface area contributed by atoms with Gasteiger partial charge in [-0.3, -0.25) is 0 Å². The van der Waals surface area contributed by atoms with Gasteiger partial charge in [-0.2, -0.15) is 0 Å². The highest BCUT2D eigenvalue weighted by molar-refractivity contribution is 5.43. The van der Waals surface area contributed by atoms with Crippen molar-refractivity contribution in [1.29, 1.82) is 0 Å². The predicted molar refractivity (Wildman–Crippen MR) is 86.4 cm³/mol. The lowest BCUT2D eigenvalue weighted by Crippen LogP contribution is -2.35. The van der Waals surface area contributed by atoms with Gasteiger partial charge in [0.2, 0.25) is 0 Å². The van der Waals surface area contributed by atoms with Gasteiger partial charge in [-0.1, -0.05) is 19.9 Å². The van der Waals surface area contributed by atoms with Crippen LogP contribution in [0.4, 0.5) is 5.69 Å². The number of rotatable bonds is 7. The molecule has 1 saturated heterocycles. The number of anilines is 1. The topological polar surface area (TPSA) is 58.7 Å². The zero-order valence-corrected chi connectivity index (χ0v) is 13.2. The lowest BCUT2D eigenvalue weighted by molar-refractivity contribution is 0.0713. The summed E-state index contributed by atoms with van der Waals surface area (Å²) in [6.07, 6.45) is 3.21.